The van der Waals surface area contributed by atoms with E-state index in [0.29, 0.717) is 10.9 Å². The first kappa shape index (κ1) is 13.4. The Labute approximate surface area is 123 Å². The van der Waals surface area contributed by atoms with Crippen molar-refractivity contribution in [1.29, 1.82) is 0 Å². The third-order valence-electron chi connectivity index (χ3n) is 3.96. The number of nitrogens with zero attached hydrogens (tertiary/aromatic N) is 2. The van der Waals surface area contributed by atoms with Crippen LogP contribution in [0.2, 0.25) is 0 Å². The number of thioether (sulfide) groups is 1. The van der Waals surface area contributed by atoms with Crippen molar-refractivity contribution < 1.29 is 4.79 Å². The van der Waals surface area contributed by atoms with E-state index in [2.05, 4.69) is 18.8 Å². The van der Waals surface area contributed by atoms with Crippen LogP contribution in [0.25, 0.3) is 10.9 Å². The van der Waals surface area contributed by atoms with Crippen molar-refractivity contribution in [2.24, 2.45) is 0 Å². The Kier molecular flexibility index (Phi) is 3.66. The van der Waals surface area contributed by atoms with E-state index in [9.17, 15) is 4.79 Å². The minimum atomic E-state index is 0.0513. The van der Waals surface area contributed by atoms with Crippen molar-refractivity contribution in [3.05, 3.63) is 42.1 Å². The van der Waals surface area contributed by atoms with Gasteiger partial charge in [-0.3, -0.25) is 4.79 Å². The van der Waals surface area contributed by atoms with Crippen molar-refractivity contribution in [3.63, 3.8) is 0 Å². The van der Waals surface area contributed by atoms with Gasteiger partial charge in [-0.05, 0) is 19.1 Å². The maximum atomic E-state index is 12.7. The molecule has 2 atom stereocenters. The van der Waals surface area contributed by atoms with Gasteiger partial charge in [0.1, 0.15) is 5.69 Å². The molecule has 0 N–H and O–H groups in total. The number of hydrogen-bond acceptors (Lipinski definition) is 3. The van der Waals surface area contributed by atoms with Gasteiger partial charge in [0, 0.05) is 29.0 Å². The molecule has 2 heterocycles. The summed E-state index contributed by atoms with van der Waals surface area (Å²) in [6.45, 7) is 5.11. The SMILES string of the molecule is C[C@@H]1SCCN(C(=O)c2ccc3ccccc3n2)[C@@H]1C. The molecular weight excluding hydrogens is 268 g/mol. The number of pyridine rings is 1. The molecule has 3 nitrogen and oxygen atoms in total. The summed E-state index contributed by atoms with van der Waals surface area (Å²) < 4.78 is 0. The highest BCUT2D eigenvalue weighted by Crippen LogP contribution is 2.25. The van der Waals surface area contributed by atoms with E-state index < -0.39 is 0 Å². The van der Waals surface area contributed by atoms with E-state index in [1.54, 1.807) is 0 Å². The van der Waals surface area contributed by atoms with Crippen LogP contribution in [0.3, 0.4) is 0 Å². The van der Waals surface area contributed by atoms with Gasteiger partial charge >= 0.3 is 0 Å². The lowest BCUT2D eigenvalue weighted by Gasteiger charge is -2.37. The van der Waals surface area contributed by atoms with E-state index >= 15 is 0 Å². The second-order valence-electron chi connectivity index (χ2n) is 5.20. The molecule has 0 spiro atoms. The maximum Gasteiger partial charge on any atom is 0.272 e. The molecule has 0 unspecified atom stereocenters. The Morgan fingerprint density at radius 1 is 1.25 bits per heavy atom. The van der Waals surface area contributed by atoms with Gasteiger partial charge < -0.3 is 4.90 Å². The van der Waals surface area contributed by atoms with Gasteiger partial charge in [-0.2, -0.15) is 11.8 Å². The first-order valence-corrected chi connectivity index (χ1v) is 8.00. The second kappa shape index (κ2) is 5.44. The summed E-state index contributed by atoms with van der Waals surface area (Å²) in [5.74, 6) is 1.06. The molecule has 0 radical (unpaired) electrons. The third kappa shape index (κ3) is 2.40. The molecule has 1 aliphatic rings. The molecule has 104 valence electrons. The Morgan fingerprint density at radius 2 is 2.05 bits per heavy atom. The van der Waals surface area contributed by atoms with Crippen LogP contribution >= 0.6 is 11.8 Å². The van der Waals surface area contributed by atoms with Crippen molar-refractivity contribution in [2.75, 3.05) is 12.3 Å². The summed E-state index contributed by atoms with van der Waals surface area (Å²) >= 11 is 1.93. The molecule has 1 amide bonds. The van der Waals surface area contributed by atoms with Gasteiger partial charge in [-0.25, -0.2) is 4.98 Å². The van der Waals surface area contributed by atoms with Gasteiger partial charge in [0.25, 0.3) is 5.91 Å². The molecule has 20 heavy (non-hydrogen) atoms. The lowest BCUT2D eigenvalue weighted by atomic mass is 10.1. The summed E-state index contributed by atoms with van der Waals surface area (Å²) in [6.07, 6.45) is 0. The molecule has 1 fully saturated rings. The summed E-state index contributed by atoms with van der Waals surface area (Å²) in [5, 5.41) is 1.55. The molecular formula is C16H18N2OS. The summed E-state index contributed by atoms with van der Waals surface area (Å²) in [5.41, 5.74) is 1.43. The number of carbonyl (C=O) groups excluding carboxylic acids is 1. The average Bonchev–Trinajstić information content (AvgIpc) is 2.49. The van der Waals surface area contributed by atoms with Crippen LogP contribution in [0.4, 0.5) is 0 Å². The highest BCUT2D eigenvalue weighted by atomic mass is 32.2. The Morgan fingerprint density at radius 3 is 2.90 bits per heavy atom. The van der Waals surface area contributed by atoms with Gasteiger partial charge in [0.2, 0.25) is 0 Å². The molecule has 1 aromatic carbocycles. The number of carbonyl (C=O) groups is 1. The fourth-order valence-corrected chi connectivity index (χ4v) is 3.65. The molecule has 1 aromatic heterocycles. The zero-order valence-corrected chi connectivity index (χ0v) is 12.6. The van der Waals surface area contributed by atoms with E-state index in [0.717, 1.165) is 23.2 Å². The molecule has 1 saturated heterocycles. The summed E-state index contributed by atoms with van der Waals surface area (Å²) in [4.78, 5) is 19.1. The van der Waals surface area contributed by atoms with Crippen molar-refractivity contribution in [1.82, 2.24) is 9.88 Å². The Balaban J connectivity index is 1.91. The first-order chi connectivity index (χ1) is 9.66. The fourth-order valence-electron chi connectivity index (χ4n) is 2.55. The first-order valence-electron chi connectivity index (χ1n) is 6.95. The zero-order chi connectivity index (χ0) is 14.1. The fraction of sp³-hybridized carbons (Fsp3) is 0.375. The Hall–Kier alpha value is -1.55. The predicted octanol–water partition coefficient (Wildman–Crippen LogP) is 3.20. The van der Waals surface area contributed by atoms with Gasteiger partial charge in [-0.15, -0.1) is 0 Å². The lowest BCUT2D eigenvalue weighted by Crippen LogP contribution is -2.48. The quantitative estimate of drug-likeness (QED) is 0.807. The van der Waals surface area contributed by atoms with Gasteiger partial charge in [0.05, 0.1) is 5.52 Å². The van der Waals surface area contributed by atoms with Crippen LogP contribution in [0, 0.1) is 0 Å². The molecule has 0 aliphatic carbocycles. The molecule has 0 bridgehead atoms. The highest BCUT2D eigenvalue weighted by Gasteiger charge is 2.30. The summed E-state index contributed by atoms with van der Waals surface area (Å²) in [6, 6.07) is 12.0. The van der Waals surface area contributed by atoms with Crippen LogP contribution < -0.4 is 0 Å². The Bertz CT molecular complexity index is 643. The minimum absolute atomic E-state index is 0.0513. The van der Waals surface area contributed by atoms with E-state index in [-0.39, 0.29) is 11.9 Å². The summed E-state index contributed by atoms with van der Waals surface area (Å²) in [7, 11) is 0. The second-order valence-corrected chi connectivity index (χ2v) is 6.69. The zero-order valence-electron chi connectivity index (χ0n) is 11.7. The van der Waals surface area contributed by atoms with E-state index in [1.165, 1.54) is 0 Å². The standard InChI is InChI=1S/C16H18N2OS/c1-11-12(2)20-10-9-18(11)16(19)15-8-7-13-5-3-4-6-14(13)17-15/h3-8,11-12H,9-10H2,1-2H3/t11-,12+/m1/s1. The number of aromatic nitrogens is 1. The van der Waals surface area contributed by atoms with Crippen LogP contribution in [0.1, 0.15) is 24.3 Å². The third-order valence-corrected chi connectivity index (χ3v) is 5.30. The lowest BCUT2D eigenvalue weighted by molar-refractivity contribution is 0.0692. The minimum Gasteiger partial charge on any atom is -0.333 e. The van der Waals surface area contributed by atoms with Gasteiger partial charge in [-0.1, -0.05) is 31.2 Å². The molecule has 1 aliphatic heterocycles. The van der Waals surface area contributed by atoms with Crippen LogP contribution in [0.5, 0.6) is 0 Å². The normalized spacial score (nSPS) is 23.0. The average molecular weight is 286 g/mol. The molecule has 4 heteroatoms. The van der Waals surface area contributed by atoms with Crippen LogP contribution in [0.15, 0.2) is 36.4 Å². The number of amides is 1. The van der Waals surface area contributed by atoms with Crippen LogP contribution in [-0.2, 0) is 0 Å². The van der Waals surface area contributed by atoms with E-state index in [1.807, 2.05) is 53.1 Å². The molecule has 0 saturated carbocycles. The highest BCUT2D eigenvalue weighted by molar-refractivity contribution is 8.00. The number of hydrogen-bond donors (Lipinski definition) is 0. The molecule has 3 rings (SSSR count). The maximum absolute atomic E-state index is 12.7. The van der Waals surface area contributed by atoms with Gasteiger partial charge in [0.15, 0.2) is 0 Å². The predicted molar refractivity (Wildman–Crippen MR) is 84.2 cm³/mol. The monoisotopic (exact) mass is 286 g/mol. The number of para-hydroxylation sites is 1. The number of benzene rings is 1. The van der Waals surface area contributed by atoms with E-state index in [4.69, 9.17) is 0 Å². The van der Waals surface area contributed by atoms with Crippen LogP contribution in [-0.4, -0.2) is 39.4 Å². The topological polar surface area (TPSA) is 33.2 Å². The van der Waals surface area contributed by atoms with Crippen molar-refractivity contribution in [2.45, 2.75) is 25.1 Å². The smallest absolute Gasteiger partial charge is 0.272 e. The van der Waals surface area contributed by atoms with Crippen molar-refractivity contribution >= 4 is 28.6 Å². The van der Waals surface area contributed by atoms with Crippen molar-refractivity contribution in [3.8, 4) is 0 Å². The number of rotatable bonds is 1. The largest absolute Gasteiger partial charge is 0.333 e. The number of fused-ring (bicyclic) bond motifs is 1. The molecule has 2 aromatic rings.